The van der Waals surface area contributed by atoms with Gasteiger partial charge in [0, 0.05) is 0 Å². The fourth-order valence-corrected chi connectivity index (χ4v) is 0.340. The quantitative estimate of drug-likeness (QED) is 0.381. The van der Waals surface area contributed by atoms with Crippen molar-refractivity contribution in [1.29, 1.82) is 0 Å². The maximum atomic E-state index is 8.00. The summed E-state index contributed by atoms with van der Waals surface area (Å²) in [5.41, 5.74) is 0. The maximum absolute atomic E-state index is 8.00. The van der Waals surface area contributed by atoms with Crippen LogP contribution in [0.4, 0.5) is 0 Å². The van der Waals surface area contributed by atoms with Crippen LogP contribution in [-0.4, -0.2) is 13.6 Å². The zero-order valence-corrected chi connectivity index (χ0v) is 9.23. The molecule has 0 saturated heterocycles. The van der Waals surface area contributed by atoms with Crippen molar-refractivity contribution in [3.05, 3.63) is 24.3 Å². The van der Waals surface area contributed by atoms with Gasteiger partial charge in [-0.25, -0.2) is 12.2 Å². The Bertz CT molecular complexity index is 92.6. The molecule has 0 radical (unpaired) electrons. The second-order valence-corrected chi connectivity index (χ2v) is 1.00. The van der Waals surface area contributed by atoms with Gasteiger partial charge in [-0.3, -0.25) is 6.08 Å². The Morgan fingerprint density at radius 2 is 1.64 bits per heavy atom. The number of halogens is 1. The van der Waals surface area contributed by atoms with Gasteiger partial charge in [0.1, 0.15) is 13.6 Å². The van der Waals surface area contributed by atoms with Crippen LogP contribution < -0.4 is 17.0 Å². The molecule has 1 aliphatic carbocycles. The second-order valence-electron chi connectivity index (χ2n) is 1.00. The van der Waals surface area contributed by atoms with E-state index in [1.54, 1.807) is 0 Å². The first-order valence-electron chi connectivity index (χ1n) is 2.29. The van der Waals surface area contributed by atoms with Crippen molar-refractivity contribution in [2.45, 2.75) is 6.42 Å². The molecule has 0 aromatic carbocycles. The average Bonchev–Trinajstić information content (AvgIpc) is 2.51. The second kappa shape index (κ2) is 32.6. The van der Waals surface area contributed by atoms with E-state index < -0.39 is 0 Å². The van der Waals surface area contributed by atoms with Crippen molar-refractivity contribution >= 4 is 13.6 Å². The summed E-state index contributed by atoms with van der Waals surface area (Å²) in [7, 11) is 0. The summed E-state index contributed by atoms with van der Waals surface area (Å²) in [6, 6.07) is 0. The van der Waals surface area contributed by atoms with E-state index in [0.29, 0.717) is 0 Å². The molecule has 1 rings (SSSR count). The van der Waals surface area contributed by atoms with Crippen molar-refractivity contribution in [3.8, 4) is 0 Å². The molecule has 0 heterocycles. The number of rotatable bonds is 0. The van der Waals surface area contributed by atoms with Gasteiger partial charge >= 0.3 is 19.5 Å². The Balaban J connectivity index is -0.0000000369. The van der Waals surface area contributed by atoms with E-state index in [1.165, 1.54) is 0 Å². The Labute approximate surface area is 90.3 Å². The Kier molecular flexibility index (Phi) is 66.5. The van der Waals surface area contributed by atoms with Crippen LogP contribution in [0.1, 0.15) is 6.42 Å². The minimum absolute atomic E-state index is 0. The molecule has 0 aromatic rings. The molecule has 0 fully saturated rings. The van der Waals surface area contributed by atoms with E-state index in [4.69, 9.17) is 9.59 Å². The van der Waals surface area contributed by atoms with Gasteiger partial charge in [-0.05, 0) is 0 Å². The van der Waals surface area contributed by atoms with Gasteiger partial charge in [0.05, 0.1) is 0 Å². The van der Waals surface area contributed by atoms with E-state index in [2.05, 4.69) is 12.2 Å². The van der Waals surface area contributed by atoms with Gasteiger partial charge in [0.2, 0.25) is 0 Å². The van der Waals surface area contributed by atoms with Crippen molar-refractivity contribution in [3.63, 3.8) is 0 Å². The molecule has 0 saturated carbocycles. The molecule has 2 nitrogen and oxygen atoms in total. The monoisotopic (exact) mass is 306 g/mol. The third-order valence-electron chi connectivity index (χ3n) is 0.586. The zero-order chi connectivity index (χ0) is 7.54. The third kappa shape index (κ3) is 25.7. The van der Waals surface area contributed by atoms with E-state index in [-0.39, 0.29) is 36.5 Å². The van der Waals surface area contributed by atoms with Crippen molar-refractivity contribution in [1.82, 2.24) is 0 Å². The van der Waals surface area contributed by atoms with Gasteiger partial charge < -0.3 is 26.6 Å². The molecule has 11 heavy (non-hydrogen) atoms. The van der Waals surface area contributed by atoms with Crippen molar-refractivity contribution < 1.29 is 46.0 Å². The standard InChI is InChI=1S/C5H5.2CH2O.BrH.Ru/c1-2-4-5-3-1;2*1-2;;/h1-3H,4H2;2*1H2;1H;/q-1;;;;+2/p-1. The Morgan fingerprint density at radius 3 is 1.73 bits per heavy atom. The molecule has 64 valence electrons. The number of hydrogen-bond acceptors (Lipinski definition) is 2. The summed E-state index contributed by atoms with van der Waals surface area (Å²) in [4.78, 5) is 16.0. The van der Waals surface area contributed by atoms with Crippen molar-refractivity contribution in [2.24, 2.45) is 0 Å². The summed E-state index contributed by atoms with van der Waals surface area (Å²) in [5, 5.41) is 0. The number of carbonyl (C=O) groups is 2. The first-order chi connectivity index (χ1) is 4.50. The van der Waals surface area contributed by atoms with Crippen LogP contribution in [0.5, 0.6) is 0 Å². The molecular formula is C7H9BrO2Ru. The first kappa shape index (κ1) is 22.4. The van der Waals surface area contributed by atoms with E-state index in [0.717, 1.165) is 6.42 Å². The molecule has 0 bridgehead atoms. The third-order valence-corrected chi connectivity index (χ3v) is 0.586. The summed E-state index contributed by atoms with van der Waals surface area (Å²) in [6.45, 7) is 4.00. The van der Waals surface area contributed by atoms with Gasteiger partial charge in [0.25, 0.3) is 0 Å². The average molecular weight is 306 g/mol. The van der Waals surface area contributed by atoms with Crippen LogP contribution in [0.25, 0.3) is 0 Å². The molecule has 0 aromatic heterocycles. The van der Waals surface area contributed by atoms with E-state index >= 15 is 0 Å². The van der Waals surface area contributed by atoms with Crippen LogP contribution in [0.2, 0.25) is 0 Å². The van der Waals surface area contributed by atoms with Crippen molar-refractivity contribution in [2.75, 3.05) is 0 Å². The zero-order valence-electron chi connectivity index (χ0n) is 5.90. The molecule has 1 aliphatic rings. The topological polar surface area (TPSA) is 34.1 Å². The SMILES string of the molecule is C=O.C=O.[Br-].[C-]1=CC=CC1.[Ru+2]. The molecule has 0 spiro atoms. The minimum atomic E-state index is 0. The van der Waals surface area contributed by atoms with Crippen LogP contribution in [-0.2, 0) is 29.1 Å². The summed E-state index contributed by atoms with van der Waals surface area (Å²) in [5.74, 6) is 0. The van der Waals surface area contributed by atoms with Gasteiger partial charge in [-0.1, -0.05) is 0 Å². The van der Waals surface area contributed by atoms with Crippen LogP contribution >= 0.6 is 0 Å². The number of allylic oxidation sites excluding steroid dienone is 4. The molecule has 4 heteroatoms. The summed E-state index contributed by atoms with van der Waals surface area (Å²) >= 11 is 0. The minimum Gasteiger partial charge on any atom is -1.00 e. The van der Waals surface area contributed by atoms with Gasteiger partial charge in [0.15, 0.2) is 0 Å². The first-order valence-corrected chi connectivity index (χ1v) is 2.29. The molecule has 0 aliphatic heterocycles. The predicted octanol–water partition coefficient (Wildman–Crippen LogP) is -2.06. The normalized spacial score (nSPS) is 8.73. The fourth-order valence-electron chi connectivity index (χ4n) is 0.340. The van der Waals surface area contributed by atoms with Gasteiger partial charge in [-0.2, -0.15) is 6.08 Å². The predicted molar refractivity (Wildman–Crippen MR) is 35.8 cm³/mol. The van der Waals surface area contributed by atoms with Gasteiger partial charge in [-0.15, -0.1) is 6.42 Å². The summed E-state index contributed by atoms with van der Waals surface area (Å²) < 4.78 is 0. The Morgan fingerprint density at radius 1 is 1.18 bits per heavy atom. The largest absolute Gasteiger partial charge is 2.00 e. The molecule has 0 unspecified atom stereocenters. The Hall–Kier alpha value is -0.0766. The van der Waals surface area contributed by atoms with Crippen LogP contribution in [0.15, 0.2) is 18.2 Å². The van der Waals surface area contributed by atoms with E-state index in [9.17, 15) is 0 Å². The number of hydrogen-bond donors (Lipinski definition) is 0. The fraction of sp³-hybridized carbons (Fsp3) is 0.143. The molecule has 0 N–H and O–H groups in total. The summed E-state index contributed by atoms with van der Waals surface area (Å²) in [6.07, 6.45) is 10.0. The maximum Gasteiger partial charge on any atom is 2.00 e. The van der Waals surface area contributed by atoms with E-state index in [1.807, 2.05) is 25.7 Å². The molecule has 0 amide bonds. The number of carbonyl (C=O) groups excluding carboxylic acids is 2. The molecule has 0 atom stereocenters. The van der Waals surface area contributed by atoms with Crippen LogP contribution in [0, 0.1) is 6.08 Å². The smallest absolute Gasteiger partial charge is 1.00 e. The van der Waals surface area contributed by atoms with Crippen LogP contribution in [0.3, 0.4) is 0 Å². The molecular weight excluding hydrogens is 297 g/mol.